The maximum absolute atomic E-state index is 12.6. The predicted molar refractivity (Wildman–Crippen MR) is 185 cm³/mol. The number of nitrogens with two attached hydrogens (primary N) is 1. The lowest BCUT2D eigenvalue weighted by molar-refractivity contribution is -0.137. The monoisotopic (exact) mass is 867 g/mol. The highest BCUT2D eigenvalue weighted by molar-refractivity contribution is 7.99. The van der Waals surface area contributed by atoms with Crippen LogP contribution in [-0.4, -0.2) is 139 Å². The van der Waals surface area contributed by atoms with E-state index >= 15 is 0 Å². The highest BCUT2D eigenvalue weighted by Crippen LogP contribution is 2.61. The molecule has 1 saturated heterocycles. The molecule has 310 valence electrons. The highest BCUT2D eigenvalue weighted by Gasteiger charge is 2.50. The van der Waals surface area contributed by atoms with Gasteiger partial charge in [-0.3, -0.25) is 27.7 Å². The molecular weight excluding hydrogens is 827 g/mol. The molecule has 30 heteroatoms. The zero-order valence-electron chi connectivity index (χ0n) is 28.7. The lowest BCUT2D eigenvalue weighted by Gasteiger charge is -2.30. The zero-order chi connectivity index (χ0) is 41.4. The number of aliphatic hydroxyl groups excluding tert-OH is 3. The number of phosphoric ester groups is 3. The first-order valence-electron chi connectivity index (χ1n) is 15.5. The third kappa shape index (κ3) is 14.5. The molecule has 0 aromatic carbocycles. The summed E-state index contributed by atoms with van der Waals surface area (Å²) in [7, 11) is -16.4. The lowest BCUT2D eigenvalue weighted by atomic mass is 9.87. The molecule has 0 spiro atoms. The average molecular weight is 868 g/mol. The van der Waals surface area contributed by atoms with Gasteiger partial charge in [0.25, 0.3) is 0 Å². The summed E-state index contributed by atoms with van der Waals surface area (Å²) in [6.07, 6.45) is -5.25. The fourth-order valence-corrected chi connectivity index (χ4v) is 8.01. The number of phosphoric acid groups is 3. The molecular formula is C25H40N7O19P3S. The molecule has 8 atom stereocenters. The van der Waals surface area contributed by atoms with E-state index in [0.29, 0.717) is 0 Å². The maximum atomic E-state index is 12.6. The molecule has 0 saturated carbocycles. The van der Waals surface area contributed by atoms with Crippen molar-refractivity contribution in [3.63, 3.8) is 0 Å². The topological polar surface area (TPSA) is 404 Å². The second kappa shape index (κ2) is 19.5. The van der Waals surface area contributed by atoms with Crippen LogP contribution in [0.25, 0.3) is 11.2 Å². The number of aliphatic carboxylic acids is 1. The van der Waals surface area contributed by atoms with Crippen molar-refractivity contribution < 1.29 is 90.7 Å². The van der Waals surface area contributed by atoms with Gasteiger partial charge < -0.3 is 61.1 Å². The second-order valence-corrected chi connectivity index (χ2v) is 17.5. The molecule has 2 aromatic rings. The predicted octanol–water partition coefficient (Wildman–Crippen LogP) is -1.90. The molecule has 2 aromatic heterocycles. The van der Waals surface area contributed by atoms with E-state index in [9.17, 15) is 63.0 Å². The van der Waals surface area contributed by atoms with Crippen LogP contribution in [-0.2, 0) is 50.7 Å². The third-order valence-corrected chi connectivity index (χ3v) is 11.2. The summed E-state index contributed by atoms with van der Waals surface area (Å²) in [5.74, 6) is -2.57. The number of aromatic nitrogens is 4. The number of amides is 2. The minimum absolute atomic E-state index is 0.0203. The molecule has 55 heavy (non-hydrogen) atoms. The quantitative estimate of drug-likeness (QED) is 0.0266. The molecule has 26 nitrogen and oxygen atoms in total. The van der Waals surface area contributed by atoms with Crippen molar-refractivity contribution in [2.45, 2.75) is 56.3 Å². The van der Waals surface area contributed by atoms with Crippen LogP contribution in [0.2, 0.25) is 0 Å². The number of carbonyl (C=O) groups excluding carboxylic acids is 2. The Morgan fingerprint density at radius 3 is 2.40 bits per heavy atom. The second-order valence-electron chi connectivity index (χ2n) is 12.0. The van der Waals surface area contributed by atoms with Gasteiger partial charge in [-0.1, -0.05) is 13.8 Å². The first kappa shape index (κ1) is 46.4. The van der Waals surface area contributed by atoms with E-state index in [1.54, 1.807) is 0 Å². The molecule has 3 unspecified atom stereocenters. The first-order chi connectivity index (χ1) is 25.4. The van der Waals surface area contributed by atoms with E-state index in [0.717, 1.165) is 41.1 Å². The van der Waals surface area contributed by atoms with Crippen LogP contribution in [0.1, 0.15) is 26.5 Å². The Bertz CT molecular complexity index is 1850. The number of carbonyl (C=O) groups is 3. The zero-order valence-corrected chi connectivity index (χ0v) is 32.2. The molecule has 1 fully saturated rings. The van der Waals surface area contributed by atoms with Crippen LogP contribution < -0.4 is 16.4 Å². The van der Waals surface area contributed by atoms with Gasteiger partial charge in [0.2, 0.25) is 11.8 Å². The number of nitrogens with zero attached hydrogens (tertiary/aromatic N) is 4. The van der Waals surface area contributed by atoms with Gasteiger partial charge in [0.15, 0.2) is 17.7 Å². The Labute approximate surface area is 314 Å². The van der Waals surface area contributed by atoms with Gasteiger partial charge in [0, 0.05) is 36.8 Å². The van der Waals surface area contributed by atoms with E-state index < -0.39 is 96.0 Å². The SMILES string of the molecule is CC(C)(COP(=O)(O)OP(=O)(O)OC[C@H]1O[C@@H](n2cnc3c(N)ncnc32)[C@H](O)[C@@H]1OP(=O)(O)O)[C@@H](O)C(=O)NCCC(=O)NCCSC(O)/C=C/C(=O)O. The van der Waals surface area contributed by atoms with Crippen molar-refractivity contribution in [3.8, 4) is 0 Å². The summed E-state index contributed by atoms with van der Waals surface area (Å²) in [6.45, 7) is 0.254. The smallest absolute Gasteiger partial charge is 0.478 e. The summed E-state index contributed by atoms with van der Waals surface area (Å²) in [5, 5.41) is 44.3. The third-order valence-electron chi connectivity index (χ3n) is 7.19. The van der Waals surface area contributed by atoms with E-state index in [1.807, 2.05) is 0 Å². The van der Waals surface area contributed by atoms with Gasteiger partial charge in [-0.05, 0) is 6.08 Å². The Morgan fingerprint density at radius 2 is 1.75 bits per heavy atom. The number of nitrogen functional groups attached to an aromatic ring is 1. The highest BCUT2D eigenvalue weighted by atomic mass is 32.2. The Balaban J connectivity index is 1.50. The van der Waals surface area contributed by atoms with E-state index in [-0.39, 0.29) is 42.2 Å². The van der Waals surface area contributed by atoms with Crippen LogP contribution in [0.4, 0.5) is 5.82 Å². The van der Waals surface area contributed by atoms with E-state index in [1.165, 1.54) is 13.8 Å². The molecule has 0 aliphatic carbocycles. The van der Waals surface area contributed by atoms with Gasteiger partial charge in [-0.15, -0.1) is 11.8 Å². The van der Waals surface area contributed by atoms with Crippen molar-refractivity contribution in [1.82, 2.24) is 30.2 Å². The van der Waals surface area contributed by atoms with Crippen molar-refractivity contribution in [1.29, 1.82) is 0 Å². The van der Waals surface area contributed by atoms with Crippen molar-refractivity contribution in [3.05, 3.63) is 24.8 Å². The number of aliphatic hydroxyl groups is 3. The minimum Gasteiger partial charge on any atom is -0.478 e. The first-order valence-corrected chi connectivity index (χ1v) is 21.1. The minimum atomic E-state index is -5.58. The van der Waals surface area contributed by atoms with Gasteiger partial charge in [0.1, 0.15) is 41.7 Å². The van der Waals surface area contributed by atoms with Crippen LogP contribution in [0.3, 0.4) is 0 Å². The molecule has 2 amide bonds. The number of carboxylic acids is 1. The number of carboxylic acid groups (broad SMARTS) is 1. The summed E-state index contributed by atoms with van der Waals surface area (Å²) in [6, 6.07) is 0. The van der Waals surface area contributed by atoms with Gasteiger partial charge in [-0.2, -0.15) is 4.31 Å². The number of hydrogen-bond donors (Lipinski definition) is 11. The van der Waals surface area contributed by atoms with Crippen LogP contribution in [0, 0.1) is 5.41 Å². The summed E-state index contributed by atoms with van der Waals surface area (Å²) in [4.78, 5) is 85.7. The number of nitrogens with one attached hydrogen (secondary N) is 2. The van der Waals surface area contributed by atoms with Crippen molar-refractivity contribution in [2.75, 3.05) is 37.8 Å². The number of rotatable bonds is 22. The normalized spacial score (nSPS) is 22.6. The molecule has 1 aliphatic heterocycles. The van der Waals surface area contributed by atoms with E-state index in [2.05, 4.69) is 34.4 Å². The summed E-state index contributed by atoms with van der Waals surface area (Å²) >= 11 is 0.957. The van der Waals surface area contributed by atoms with E-state index in [4.69, 9.17) is 24.6 Å². The number of ether oxygens (including phenoxy) is 1. The molecule has 0 bridgehead atoms. The largest absolute Gasteiger partial charge is 0.481 e. The summed E-state index contributed by atoms with van der Waals surface area (Å²) < 4.78 is 61.9. The van der Waals surface area contributed by atoms with Crippen molar-refractivity contribution in [2.24, 2.45) is 5.41 Å². The number of imidazole rings is 1. The fourth-order valence-electron chi connectivity index (χ4n) is 4.53. The number of thioether (sulfide) groups is 1. The number of hydrogen-bond acceptors (Lipinski definition) is 19. The molecule has 3 heterocycles. The van der Waals surface area contributed by atoms with Gasteiger partial charge >= 0.3 is 29.4 Å². The lowest BCUT2D eigenvalue weighted by Crippen LogP contribution is -2.46. The van der Waals surface area contributed by atoms with Gasteiger partial charge in [0.05, 0.1) is 19.5 Å². The van der Waals surface area contributed by atoms with Gasteiger partial charge in [-0.25, -0.2) is 33.4 Å². The standard InChI is InChI=1S/C25H40N7O19P3S/c1-25(2,20(38)23(39)28-6-5-14(33)27-7-8-55-16(36)4-3-15(34)35)10-48-54(45,46)51-53(43,44)47-9-13-19(50-52(40,41)42)18(37)24(49-13)32-12-31-17-21(26)29-11-30-22(17)32/h3-4,11-13,16,18-20,24,36-38H,5-10H2,1-2H3,(H,27,33)(H,28,39)(H,34,35)(H,43,44)(H,45,46)(H2,26,29,30)(H2,40,41,42)/b4-3+/t13-,16?,18-,19-,20+,24-/m1/s1. The molecule has 3 rings (SSSR count). The molecule has 0 radical (unpaired) electrons. The summed E-state index contributed by atoms with van der Waals surface area (Å²) in [5.41, 5.74) is 3.10. The van der Waals surface area contributed by atoms with Crippen LogP contribution in [0.5, 0.6) is 0 Å². The Kier molecular flexibility index (Phi) is 16.4. The van der Waals surface area contributed by atoms with Crippen LogP contribution in [0.15, 0.2) is 24.8 Å². The number of fused-ring (bicyclic) bond motifs is 1. The average Bonchev–Trinajstić information content (AvgIpc) is 3.63. The van der Waals surface area contributed by atoms with Crippen molar-refractivity contribution >= 4 is 70.0 Å². The maximum Gasteiger partial charge on any atom is 0.481 e. The Hall–Kier alpha value is -2.94. The fraction of sp³-hybridized carbons (Fsp3) is 0.600. The Morgan fingerprint density at radius 1 is 1.07 bits per heavy atom. The molecule has 1 aliphatic rings. The number of anilines is 1. The van der Waals surface area contributed by atoms with Crippen LogP contribution >= 0.6 is 35.2 Å². The molecule has 12 N–H and O–H groups in total.